The number of benzene rings is 1. The maximum Gasteiger partial charge on any atom is 0.416 e. The molecule has 1 aliphatic carbocycles. The molecule has 1 spiro atoms. The number of epoxide rings is 1. The molecule has 1 aromatic heterocycles. The predicted molar refractivity (Wildman–Crippen MR) is 94.9 cm³/mol. The van der Waals surface area contributed by atoms with Crippen LogP contribution in [0, 0.1) is 0 Å². The average Bonchev–Trinajstić information content (AvgIpc) is 3.27. The summed E-state index contributed by atoms with van der Waals surface area (Å²) in [5, 5.41) is 11.1. The van der Waals surface area contributed by atoms with E-state index in [1.807, 2.05) is 13.8 Å². The minimum Gasteiger partial charge on any atom is -0.440 e. The van der Waals surface area contributed by atoms with Crippen molar-refractivity contribution < 1.29 is 27.4 Å². The Morgan fingerprint density at radius 1 is 1.38 bits per heavy atom. The number of hydrogen-bond acceptors (Lipinski definition) is 5. The summed E-state index contributed by atoms with van der Waals surface area (Å²) >= 11 is 0. The quantitative estimate of drug-likeness (QED) is 0.780. The number of fused-ring (bicyclic) bond motifs is 2. The number of halogens is 3. The van der Waals surface area contributed by atoms with E-state index in [0.29, 0.717) is 30.7 Å². The first-order valence-electron chi connectivity index (χ1n) is 9.39. The lowest BCUT2D eigenvalue weighted by Crippen LogP contribution is -2.34. The van der Waals surface area contributed by atoms with Crippen LogP contribution >= 0.6 is 0 Å². The summed E-state index contributed by atoms with van der Waals surface area (Å²) in [5.74, 6) is 0. The molecule has 7 nitrogen and oxygen atoms in total. The second kappa shape index (κ2) is 7.01. The highest BCUT2D eigenvalue weighted by Crippen LogP contribution is 2.51. The van der Waals surface area contributed by atoms with Gasteiger partial charge >= 0.3 is 12.3 Å². The Hall–Kier alpha value is -2.62. The van der Waals surface area contributed by atoms with Crippen molar-refractivity contribution in [3.8, 4) is 0 Å². The minimum absolute atomic E-state index is 0.0565. The average molecular weight is 410 g/mol. The van der Waals surface area contributed by atoms with Crippen LogP contribution in [0.4, 0.5) is 18.0 Å². The second-order valence-electron chi connectivity index (χ2n) is 7.69. The SMILES string of the molecule is CC(C)NC(=O)OC1CCC2(CO2)c2c1nnn2Cc1ccc(C(F)(F)F)cc1. The Balaban J connectivity index is 1.57. The van der Waals surface area contributed by atoms with E-state index in [4.69, 9.17) is 9.47 Å². The summed E-state index contributed by atoms with van der Waals surface area (Å²) in [6.07, 6.45) is -4.23. The van der Waals surface area contributed by atoms with Gasteiger partial charge in [0.25, 0.3) is 0 Å². The van der Waals surface area contributed by atoms with E-state index in [1.54, 1.807) is 4.68 Å². The fraction of sp³-hybridized carbons (Fsp3) is 0.526. The molecule has 1 aliphatic heterocycles. The summed E-state index contributed by atoms with van der Waals surface area (Å²) in [7, 11) is 0. The third kappa shape index (κ3) is 3.93. The first-order chi connectivity index (χ1) is 13.7. The number of carbonyl (C=O) groups excluding carboxylic acids is 1. The Morgan fingerprint density at radius 3 is 2.66 bits per heavy atom. The number of nitrogens with one attached hydrogen (secondary N) is 1. The van der Waals surface area contributed by atoms with Gasteiger partial charge in [-0.1, -0.05) is 17.3 Å². The maximum absolute atomic E-state index is 12.8. The molecule has 2 aliphatic rings. The standard InChI is InChI=1S/C19H21F3N4O3/c1-11(2)23-17(27)29-14-7-8-18(10-28-18)16-15(14)24-25-26(16)9-12-3-5-13(6-4-12)19(20,21)22/h3-6,11,14H,7-10H2,1-2H3,(H,23,27). The molecule has 1 aromatic carbocycles. The van der Waals surface area contributed by atoms with E-state index in [2.05, 4.69) is 15.6 Å². The number of alkyl halides is 3. The molecular formula is C19H21F3N4O3. The number of nitrogens with zero attached hydrogens (tertiary/aromatic N) is 3. The molecule has 0 saturated carbocycles. The largest absolute Gasteiger partial charge is 0.440 e. The summed E-state index contributed by atoms with van der Waals surface area (Å²) in [6.45, 7) is 4.43. The van der Waals surface area contributed by atoms with Crippen molar-refractivity contribution in [3.05, 3.63) is 46.8 Å². The van der Waals surface area contributed by atoms with Crippen LogP contribution in [-0.4, -0.2) is 33.7 Å². The second-order valence-corrected chi connectivity index (χ2v) is 7.69. The van der Waals surface area contributed by atoms with Crippen LogP contribution in [0.15, 0.2) is 24.3 Å². The number of rotatable bonds is 4. The predicted octanol–water partition coefficient (Wildman–Crippen LogP) is 3.54. The summed E-state index contributed by atoms with van der Waals surface area (Å²) < 4.78 is 51.1. The van der Waals surface area contributed by atoms with Gasteiger partial charge in [0.2, 0.25) is 0 Å². The van der Waals surface area contributed by atoms with Gasteiger partial charge in [0.1, 0.15) is 23.1 Å². The Bertz CT molecular complexity index is 904. The van der Waals surface area contributed by atoms with Gasteiger partial charge in [-0.2, -0.15) is 13.2 Å². The van der Waals surface area contributed by atoms with Gasteiger partial charge in [-0.05, 0) is 44.4 Å². The monoisotopic (exact) mass is 410 g/mol. The minimum atomic E-state index is -4.38. The van der Waals surface area contributed by atoms with E-state index < -0.39 is 29.5 Å². The Kier molecular flexibility index (Phi) is 4.76. The number of alkyl carbamates (subject to hydrolysis) is 1. The zero-order chi connectivity index (χ0) is 20.8. The highest BCUT2D eigenvalue weighted by atomic mass is 19.4. The van der Waals surface area contributed by atoms with Crippen LogP contribution in [0.5, 0.6) is 0 Å². The molecule has 0 radical (unpaired) electrons. The van der Waals surface area contributed by atoms with Crippen molar-refractivity contribution in [1.29, 1.82) is 0 Å². The molecule has 1 saturated heterocycles. The third-order valence-corrected chi connectivity index (χ3v) is 5.07. The van der Waals surface area contributed by atoms with Gasteiger partial charge in [-0.25, -0.2) is 9.48 Å². The maximum atomic E-state index is 12.8. The van der Waals surface area contributed by atoms with E-state index in [-0.39, 0.29) is 12.6 Å². The highest BCUT2D eigenvalue weighted by molar-refractivity contribution is 5.67. The van der Waals surface area contributed by atoms with E-state index in [9.17, 15) is 18.0 Å². The van der Waals surface area contributed by atoms with Crippen LogP contribution in [-0.2, 0) is 27.8 Å². The molecule has 1 amide bonds. The first-order valence-corrected chi connectivity index (χ1v) is 9.39. The van der Waals surface area contributed by atoms with Crippen molar-refractivity contribution in [3.63, 3.8) is 0 Å². The molecule has 0 bridgehead atoms. The normalized spacial score (nSPS) is 23.2. The van der Waals surface area contributed by atoms with E-state index in [0.717, 1.165) is 17.8 Å². The Labute approximate surface area is 165 Å². The van der Waals surface area contributed by atoms with Crippen molar-refractivity contribution >= 4 is 6.09 Å². The fourth-order valence-corrected chi connectivity index (χ4v) is 3.60. The molecule has 2 atom stereocenters. The van der Waals surface area contributed by atoms with Crippen LogP contribution in [0.3, 0.4) is 0 Å². The molecular weight excluding hydrogens is 389 g/mol. The van der Waals surface area contributed by atoms with Crippen molar-refractivity contribution in [2.24, 2.45) is 0 Å². The van der Waals surface area contributed by atoms with E-state index in [1.165, 1.54) is 12.1 Å². The zero-order valence-corrected chi connectivity index (χ0v) is 16.0. The molecule has 29 heavy (non-hydrogen) atoms. The molecule has 4 rings (SSSR count). The van der Waals surface area contributed by atoms with Gasteiger partial charge in [-0.3, -0.25) is 0 Å². The molecule has 1 fully saturated rings. The van der Waals surface area contributed by atoms with Crippen LogP contribution in [0.25, 0.3) is 0 Å². The topological polar surface area (TPSA) is 81.6 Å². The van der Waals surface area contributed by atoms with Crippen LogP contribution < -0.4 is 5.32 Å². The lowest BCUT2D eigenvalue weighted by atomic mass is 9.88. The smallest absolute Gasteiger partial charge is 0.416 e. The summed E-state index contributed by atoms with van der Waals surface area (Å²) in [6, 6.07) is 4.88. The van der Waals surface area contributed by atoms with Crippen LogP contribution in [0.1, 0.15) is 55.3 Å². The number of aromatic nitrogens is 3. The molecule has 2 heterocycles. The lowest BCUT2D eigenvalue weighted by Gasteiger charge is -2.26. The molecule has 2 unspecified atom stereocenters. The number of hydrogen-bond donors (Lipinski definition) is 1. The number of ether oxygens (including phenoxy) is 2. The van der Waals surface area contributed by atoms with E-state index >= 15 is 0 Å². The molecule has 1 N–H and O–H groups in total. The molecule has 156 valence electrons. The van der Waals surface area contributed by atoms with Gasteiger partial charge in [0, 0.05) is 6.04 Å². The van der Waals surface area contributed by atoms with Crippen molar-refractivity contribution in [1.82, 2.24) is 20.3 Å². The Morgan fingerprint density at radius 2 is 2.07 bits per heavy atom. The van der Waals surface area contributed by atoms with Crippen LogP contribution in [0.2, 0.25) is 0 Å². The van der Waals surface area contributed by atoms with Gasteiger partial charge in [-0.15, -0.1) is 5.10 Å². The first kappa shape index (κ1) is 19.7. The van der Waals surface area contributed by atoms with Crippen molar-refractivity contribution in [2.45, 2.75) is 57.2 Å². The third-order valence-electron chi connectivity index (χ3n) is 5.07. The molecule has 10 heteroatoms. The summed E-state index contributed by atoms with van der Waals surface area (Å²) in [5.41, 5.74) is 0.722. The lowest BCUT2D eigenvalue weighted by molar-refractivity contribution is -0.137. The van der Waals surface area contributed by atoms with Gasteiger partial charge < -0.3 is 14.8 Å². The number of carbonyl (C=O) groups is 1. The van der Waals surface area contributed by atoms with Gasteiger partial charge in [0.15, 0.2) is 0 Å². The van der Waals surface area contributed by atoms with Crippen molar-refractivity contribution in [2.75, 3.05) is 6.61 Å². The highest BCUT2D eigenvalue weighted by Gasteiger charge is 2.55. The molecule has 2 aromatic rings. The fourth-order valence-electron chi connectivity index (χ4n) is 3.60. The summed E-state index contributed by atoms with van der Waals surface area (Å²) in [4.78, 5) is 12.0. The van der Waals surface area contributed by atoms with Gasteiger partial charge in [0.05, 0.1) is 18.7 Å². The number of amides is 1. The zero-order valence-electron chi connectivity index (χ0n) is 16.0.